The molecule has 0 saturated heterocycles. The van der Waals surface area contributed by atoms with Crippen LogP contribution in [-0.4, -0.2) is 29.8 Å². The summed E-state index contributed by atoms with van der Waals surface area (Å²) in [4.78, 5) is 4.91. The van der Waals surface area contributed by atoms with E-state index in [1.54, 1.807) is 5.57 Å². The van der Waals surface area contributed by atoms with Gasteiger partial charge in [0, 0.05) is 23.4 Å². The Hall–Kier alpha value is -1.61. The van der Waals surface area contributed by atoms with Crippen molar-refractivity contribution in [2.24, 2.45) is 39.5 Å². The molecular formula is C28H37NO2. The maximum Gasteiger partial charge on any atom is 0.216 e. The first-order valence-corrected chi connectivity index (χ1v) is 12.5. The van der Waals surface area contributed by atoms with Gasteiger partial charge in [0.1, 0.15) is 6.10 Å². The van der Waals surface area contributed by atoms with E-state index in [9.17, 15) is 5.11 Å². The largest absolute Gasteiger partial charge is 0.473 e. The Morgan fingerprint density at radius 3 is 2.68 bits per heavy atom. The Morgan fingerprint density at radius 2 is 1.87 bits per heavy atom. The highest BCUT2D eigenvalue weighted by Gasteiger charge is 2.62. The van der Waals surface area contributed by atoms with E-state index >= 15 is 0 Å². The molecule has 1 N–H and O–H groups in total. The van der Waals surface area contributed by atoms with Crippen molar-refractivity contribution in [1.82, 2.24) is 0 Å². The van der Waals surface area contributed by atoms with Gasteiger partial charge in [0.25, 0.3) is 0 Å². The second kappa shape index (κ2) is 6.94. The molecule has 3 fully saturated rings. The van der Waals surface area contributed by atoms with Crippen molar-refractivity contribution < 1.29 is 9.84 Å². The van der Waals surface area contributed by atoms with E-state index in [0.29, 0.717) is 17.4 Å². The van der Waals surface area contributed by atoms with Crippen molar-refractivity contribution in [3.05, 3.63) is 47.0 Å². The molecule has 166 valence electrons. The van der Waals surface area contributed by atoms with Gasteiger partial charge in [-0.15, -0.1) is 0 Å². The lowest BCUT2D eigenvalue weighted by molar-refractivity contribution is -0.0720. The molecule has 0 aromatic heterocycles. The Labute approximate surface area is 187 Å². The molecule has 4 aliphatic carbocycles. The van der Waals surface area contributed by atoms with Crippen molar-refractivity contribution in [3.63, 3.8) is 0 Å². The number of nitrogens with zero attached hydrogens (tertiary/aromatic N) is 1. The average molecular weight is 420 g/mol. The van der Waals surface area contributed by atoms with Crippen molar-refractivity contribution >= 4 is 5.90 Å². The maximum absolute atomic E-state index is 10.3. The average Bonchev–Trinajstić information content (AvgIpc) is 3.07. The van der Waals surface area contributed by atoms with Gasteiger partial charge in [-0.25, -0.2) is 0 Å². The van der Waals surface area contributed by atoms with Crippen LogP contribution in [0.1, 0.15) is 69.9 Å². The molecule has 8 atom stereocenters. The monoisotopic (exact) mass is 419 g/mol. The maximum atomic E-state index is 10.3. The Morgan fingerprint density at radius 1 is 1.06 bits per heavy atom. The molecular weight excluding hydrogens is 382 g/mol. The van der Waals surface area contributed by atoms with E-state index in [4.69, 9.17) is 9.73 Å². The van der Waals surface area contributed by atoms with Gasteiger partial charge in [-0.1, -0.05) is 43.2 Å². The third-order valence-corrected chi connectivity index (χ3v) is 10.2. The van der Waals surface area contributed by atoms with Crippen LogP contribution in [0.4, 0.5) is 0 Å². The van der Waals surface area contributed by atoms with Gasteiger partial charge in [0.2, 0.25) is 5.90 Å². The molecule has 0 bridgehead atoms. The molecule has 31 heavy (non-hydrogen) atoms. The SMILES string of the molecule is Cc1ccc(C2=NC[C@@H]3C[C@H]4[C@@H]5CC=C6C[C@@H](O)CC[C@]6(C)[C@H]5CC[C@]4(C)[C@@H]3O2)cc1. The van der Waals surface area contributed by atoms with Crippen molar-refractivity contribution in [2.75, 3.05) is 6.54 Å². The molecule has 0 radical (unpaired) electrons. The quantitative estimate of drug-likeness (QED) is 0.594. The van der Waals surface area contributed by atoms with Gasteiger partial charge >= 0.3 is 0 Å². The fourth-order valence-corrected chi connectivity index (χ4v) is 8.39. The van der Waals surface area contributed by atoms with E-state index < -0.39 is 0 Å². The molecule has 0 amide bonds. The van der Waals surface area contributed by atoms with Crippen LogP contribution in [0.15, 0.2) is 40.9 Å². The highest BCUT2D eigenvalue weighted by molar-refractivity contribution is 5.94. The number of allylic oxidation sites excluding steroid dienone is 1. The van der Waals surface area contributed by atoms with Crippen molar-refractivity contribution in [1.29, 1.82) is 0 Å². The molecule has 0 unspecified atom stereocenters. The standard InChI is InChI=1S/C28H37NO2/c1-17-4-6-18(7-5-17)26-29-16-19-14-24-22-9-8-20-15-21(30)10-12-27(20,2)23(22)11-13-28(24,3)25(19)31-26/h4-8,19,21-25,30H,9-16H2,1-3H3/t19-,21-,22+,23-,24-,25+,27-,28-/m0/s1. The van der Waals surface area contributed by atoms with Crippen molar-refractivity contribution in [3.8, 4) is 0 Å². The molecule has 5 aliphatic rings. The van der Waals surface area contributed by atoms with E-state index in [2.05, 4.69) is 51.1 Å². The number of fused-ring (bicyclic) bond motifs is 7. The summed E-state index contributed by atoms with van der Waals surface area (Å²) in [6, 6.07) is 8.63. The van der Waals surface area contributed by atoms with Crippen LogP contribution in [-0.2, 0) is 4.74 Å². The number of aliphatic hydroxyl groups excluding tert-OH is 1. The molecule has 1 aromatic rings. The lowest BCUT2D eigenvalue weighted by Gasteiger charge is -2.57. The third-order valence-electron chi connectivity index (χ3n) is 10.2. The number of aliphatic hydroxyl groups is 1. The first kappa shape index (κ1) is 20.0. The predicted octanol–water partition coefficient (Wildman–Crippen LogP) is 5.69. The number of rotatable bonds is 1. The number of aryl methyl sites for hydroxylation is 1. The first-order chi connectivity index (χ1) is 14.9. The summed E-state index contributed by atoms with van der Waals surface area (Å²) in [5.41, 5.74) is 4.53. The zero-order chi connectivity index (χ0) is 21.4. The van der Waals surface area contributed by atoms with Crippen LogP contribution in [0.5, 0.6) is 0 Å². The van der Waals surface area contributed by atoms with Crippen LogP contribution in [0.3, 0.4) is 0 Å². The van der Waals surface area contributed by atoms with Crippen LogP contribution >= 0.6 is 0 Å². The Kier molecular flexibility index (Phi) is 4.49. The highest BCUT2D eigenvalue weighted by Crippen LogP contribution is 2.66. The van der Waals surface area contributed by atoms with E-state index in [1.807, 2.05) is 0 Å². The minimum atomic E-state index is -0.121. The molecule has 3 saturated carbocycles. The molecule has 1 heterocycles. The van der Waals surface area contributed by atoms with Gasteiger partial charge in [0.15, 0.2) is 0 Å². The molecule has 6 rings (SSSR count). The molecule has 1 aromatic carbocycles. The Bertz CT molecular complexity index is 933. The van der Waals surface area contributed by atoms with Crippen molar-refractivity contribution in [2.45, 2.75) is 77.9 Å². The molecule has 0 spiro atoms. The fourth-order valence-electron chi connectivity index (χ4n) is 8.39. The van der Waals surface area contributed by atoms with Crippen LogP contribution in [0.2, 0.25) is 0 Å². The normalized spacial score (nSPS) is 45.9. The molecule has 3 heteroatoms. The summed E-state index contributed by atoms with van der Waals surface area (Å²) in [7, 11) is 0. The number of ether oxygens (including phenoxy) is 1. The highest BCUT2D eigenvalue weighted by atomic mass is 16.5. The lowest BCUT2D eigenvalue weighted by atomic mass is 9.48. The summed E-state index contributed by atoms with van der Waals surface area (Å²) in [6.07, 6.45) is 10.8. The summed E-state index contributed by atoms with van der Waals surface area (Å²) >= 11 is 0. The second-order valence-corrected chi connectivity index (χ2v) is 11.7. The van der Waals surface area contributed by atoms with Gasteiger partial charge in [-0.05, 0) is 87.2 Å². The van der Waals surface area contributed by atoms with E-state index in [-0.39, 0.29) is 11.5 Å². The minimum Gasteiger partial charge on any atom is -0.473 e. The van der Waals surface area contributed by atoms with Crippen LogP contribution in [0, 0.1) is 41.4 Å². The predicted molar refractivity (Wildman–Crippen MR) is 124 cm³/mol. The zero-order valence-corrected chi connectivity index (χ0v) is 19.3. The number of hydrogen-bond acceptors (Lipinski definition) is 3. The topological polar surface area (TPSA) is 41.8 Å². The summed E-state index contributed by atoms with van der Waals surface area (Å²) in [5, 5.41) is 10.3. The van der Waals surface area contributed by atoms with Crippen LogP contribution < -0.4 is 0 Å². The number of hydrogen-bond donors (Lipinski definition) is 1. The summed E-state index contributed by atoms with van der Waals surface area (Å²) in [6.45, 7) is 8.09. The third kappa shape index (κ3) is 2.91. The minimum absolute atomic E-state index is 0.121. The zero-order valence-electron chi connectivity index (χ0n) is 19.3. The van der Waals surface area contributed by atoms with Crippen LogP contribution in [0.25, 0.3) is 0 Å². The summed E-state index contributed by atoms with van der Waals surface area (Å²) < 4.78 is 6.74. The van der Waals surface area contributed by atoms with E-state index in [1.165, 1.54) is 31.2 Å². The van der Waals surface area contributed by atoms with Gasteiger partial charge in [-0.2, -0.15) is 0 Å². The van der Waals surface area contributed by atoms with Gasteiger partial charge in [0.05, 0.1) is 6.10 Å². The molecule has 3 nitrogen and oxygen atoms in total. The first-order valence-electron chi connectivity index (χ1n) is 12.5. The molecule has 1 aliphatic heterocycles. The Balaban J connectivity index is 1.28. The fraction of sp³-hybridized carbons (Fsp3) is 0.679. The summed E-state index contributed by atoms with van der Waals surface area (Å²) in [5.74, 6) is 3.70. The lowest BCUT2D eigenvalue weighted by Crippen LogP contribution is -2.52. The van der Waals surface area contributed by atoms with E-state index in [0.717, 1.165) is 55.0 Å². The van der Waals surface area contributed by atoms with Gasteiger partial charge in [-0.3, -0.25) is 4.99 Å². The second-order valence-electron chi connectivity index (χ2n) is 11.7. The number of aliphatic imine (C=N–C) groups is 1. The smallest absolute Gasteiger partial charge is 0.216 e. The van der Waals surface area contributed by atoms with Gasteiger partial charge < -0.3 is 9.84 Å². The number of benzene rings is 1.